The van der Waals surface area contributed by atoms with Crippen LogP contribution in [0.15, 0.2) is 54.1 Å². The van der Waals surface area contributed by atoms with E-state index < -0.39 is 29.3 Å². The number of carbonyl (C=O) groups excluding carboxylic acids is 2. The number of hydrogen-bond donors (Lipinski definition) is 1. The third kappa shape index (κ3) is 4.77. The number of methoxy groups -OCH3 is 1. The van der Waals surface area contributed by atoms with Crippen molar-refractivity contribution in [1.82, 2.24) is 9.80 Å². The molecule has 2 saturated heterocycles. The molecule has 0 unspecified atom stereocenters. The summed E-state index contributed by atoms with van der Waals surface area (Å²) >= 11 is 0. The van der Waals surface area contributed by atoms with Gasteiger partial charge in [-0.25, -0.2) is 4.39 Å². The topological polar surface area (TPSA) is 79.3 Å². The minimum Gasteiger partial charge on any atom is -0.507 e. The van der Waals surface area contributed by atoms with Crippen LogP contribution in [0.4, 0.5) is 4.39 Å². The maximum atomic E-state index is 14.0. The van der Waals surface area contributed by atoms with Crippen molar-refractivity contribution in [3.8, 4) is 5.75 Å². The Morgan fingerprint density at radius 2 is 1.85 bits per heavy atom. The molecule has 0 spiro atoms. The Balaban J connectivity index is 1.70. The van der Waals surface area contributed by atoms with Gasteiger partial charge in [0.2, 0.25) is 0 Å². The minimum absolute atomic E-state index is 0.0322. The molecule has 4 rings (SSSR count). The molecule has 1 N–H and O–H groups in total. The van der Waals surface area contributed by atoms with E-state index in [0.29, 0.717) is 31.7 Å². The number of aliphatic hydroxyl groups excluding tert-OH is 1. The van der Waals surface area contributed by atoms with Crippen LogP contribution in [0.1, 0.15) is 23.6 Å². The number of carbonyl (C=O) groups is 2. The van der Waals surface area contributed by atoms with E-state index in [-0.39, 0.29) is 16.9 Å². The molecule has 0 radical (unpaired) electrons. The summed E-state index contributed by atoms with van der Waals surface area (Å²) in [6, 6.07) is 12.0. The molecule has 2 aromatic carbocycles. The smallest absolute Gasteiger partial charge is 0.295 e. The lowest BCUT2D eigenvalue weighted by molar-refractivity contribution is -0.140. The minimum atomic E-state index is -0.793. The first kappa shape index (κ1) is 22.9. The molecule has 2 aliphatic heterocycles. The van der Waals surface area contributed by atoms with Gasteiger partial charge in [0.25, 0.3) is 11.7 Å². The summed E-state index contributed by atoms with van der Waals surface area (Å²) in [5.74, 6) is -2.30. The molecule has 0 bridgehead atoms. The number of ketones is 1. The van der Waals surface area contributed by atoms with Crippen LogP contribution >= 0.6 is 0 Å². The predicted molar refractivity (Wildman–Crippen MR) is 120 cm³/mol. The summed E-state index contributed by atoms with van der Waals surface area (Å²) in [5.41, 5.74) is 0.659. The van der Waals surface area contributed by atoms with Crippen LogP contribution in [0, 0.1) is 5.82 Å². The zero-order chi connectivity index (χ0) is 23.4. The van der Waals surface area contributed by atoms with Gasteiger partial charge in [-0.2, -0.15) is 0 Å². The molecular formula is C25H27FN2O5. The second-order valence-corrected chi connectivity index (χ2v) is 8.06. The number of ether oxygens (including phenoxy) is 2. The average Bonchev–Trinajstić information content (AvgIpc) is 3.10. The lowest BCUT2D eigenvalue weighted by Gasteiger charge is -2.29. The third-order valence-electron chi connectivity index (χ3n) is 6.05. The lowest BCUT2D eigenvalue weighted by atomic mass is 9.95. The zero-order valence-corrected chi connectivity index (χ0v) is 18.5. The highest BCUT2D eigenvalue weighted by molar-refractivity contribution is 6.46. The molecule has 7 nitrogen and oxygen atoms in total. The van der Waals surface area contributed by atoms with Crippen LogP contribution < -0.4 is 4.74 Å². The van der Waals surface area contributed by atoms with Gasteiger partial charge in [0.05, 0.1) is 37.5 Å². The number of aliphatic hydroxyl groups is 1. The highest BCUT2D eigenvalue weighted by Crippen LogP contribution is 2.41. The first-order valence-corrected chi connectivity index (χ1v) is 11.0. The second kappa shape index (κ2) is 10.1. The summed E-state index contributed by atoms with van der Waals surface area (Å²) in [4.78, 5) is 29.9. The molecule has 2 fully saturated rings. The van der Waals surface area contributed by atoms with E-state index in [1.165, 1.54) is 24.1 Å². The molecule has 1 atom stereocenters. The van der Waals surface area contributed by atoms with Gasteiger partial charge in [0, 0.05) is 26.2 Å². The van der Waals surface area contributed by atoms with Crippen LogP contribution in [0.25, 0.3) is 5.76 Å². The first-order chi connectivity index (χ1) is 16.0. The van der Waals surface area contributed by atoms with E-state index >= 15 is 0 Å². The van der Waals surface area contributed by atoms with Crippen molar-refractivity contribution < 1.29 is 28.6 Å². The van der Waals surface area contributed by atoms with Crippen molar-refractivity contribution in [3.63, 3.8) is 0 Å². The Labute approximate surface area is 192 Å². The van der Waals surface area contributed by atoms with Crippen LogP contribution in [-0.4, -0.2) is 73.1 Å². The van der Waals surface area contributed by atoms with E-state index in [1.807, 2.05) is 30.3 Å². The lowest BCUT2D eigenvalue weighted by Crippen LogP contribution is -2.38. The number of morpholine rings is 1. The average molecular weight is 454 g/mol. The zero-order valence-electron chi connectivity index (χ0n) is 18.5. The monoisotopic (exact) mass is 454 g/mol. The Morgan fingerprint density at radius 1 is 1.12 bits per heavy atom. The molecule has 2 aliphatic rings. The Kier molecular flexibility index (Phi) is 7.05. The predicted octanol–water partition coefficient (Wildman–Crippen LogP) is 2.98. The summed E-state index contributed by atoms with van der Waals surface area (Å²) < 4.78 is 24.6. The third-order valence-corrected chi connectivity index (χ3v) is 6.05. The van der Waals surface area contributed by atoms with Gasteiger partial charge in [-0.3, -0.25) is 14.5 Å². The summed E-state index contributed by atoms with van der Waals surface area (Å²) in [5, 5.41) is 11.1. The van der Waals surface area contributed by atoms with Gasteiger partial charge in [-0.15, -0.1) is 0 Å². The van der Waals surface area contributed by atoms with Crippen LogP contribution in [0.3, 0.4) is 0 Å². The van der Waals surface area contributed by atoms with Crippen LogP contribution in [0.2, 0.25) is 0 Å². The van der Waals surface area contributed by atoms with Gasteiger partial charge in [0.1, 0.15) is 17.3 Å². The molecule has 0 aromatic heterocycles. The fourth-order valence-electron chi connectivity index (χ4n) is 4.39. The summed E-state index contributed by atoms with van der Waals surface area (Å²) in [6.07, 6.45) is 0.666. The summed E-state index contributed by atoms with van der Waals surface area (Å²) in [7, 11) is 1.39. The molecule has 2 aromatic rings. The van der Waals surface area contributed by atoms with E-state index in [0.717, 1.165) is 25.7 Å². The van der Waals surface area contributed by atoms with Gasteiger partial charge < -0.3 is 19.5 Å². The second-order valence-electron chi connectivity index (χ2n) is 8.06. The SMILES string of the molecule is COc1ccc(F)cc1/C(O)=C1\C(=O)C(=O)N(CCCN2CCOCC2)[C@@H]1c1ccccc1. The van der Waals surface area contributed by atoms with Crippen molar-refractivity contribution in [2.75, 3.05) is 46.5 Å². The number of nitrogens with zero attached hydrogens (tertiary/aromatic N) is 2. The molecule has 0 saturated carbocycles. The number of rotatable bonds is 7. The molecule has 174 valence electrons. The molecule has 0 aliphatic carbocycles. The summed E-state index contributed by atoms with van der Waals surface area (Å²) in [6.45, 7) is 4.15. The van der Waals surface area contributed by atoms with E-state index in [2.05, 4.69) is 4.90 Å². The number of amides is 1. The molecule has 8 heteroatoms. The number of Topliss-reactive ketones (excluding diaryl/α,β-unsaturated/α-hetero) is 1. The number of hydrogen-bond acceptors (Lipinski definition) is 6. The number of benzene rings is 2. The maximum Gasteiger partial charge on any atom is 0.295 e. The largest absolute Gasteiger partial charge is 0.507 e. The standard InChI is InChI=1S/C25H27FN2O5/c1-32-20-9-8-18(26)16-19(20)23(29)21-22(17-6-3-2-4-7-17)28(25(31)24(21)30)11-5-10-27-12-14-33-15-13-27/h2-4,6-9,16,22,29H,5,10-15H2,1H3/b23-21+/t22-/m1/s1. The normalized spacial score (nSPS) is 20.9. The Morgan fingerprint density at radius 3 is 2.55 bits per heavy atom. The molecule has 33 heavy (non-hydrogen) atoms. The van der Waals surface area contributed by atoms with Crippen molar-refractivity contribution in [2.45, 2.75) is 12.5 Å². The van der Waals surface area contributed by atoms with E-state index in [4.69, 9.17) is 9.47 Å². The molecule has 2 heterocycles. The quantitative estimate of drug-likeness (QED) is 0.394. The highest BCUT2D eigenvalue weighted by Gasteiger charge is 2.46. The van der Waals surface area contributed by atoms with Gasteiger partial charge in [-0.1, -0.05) is 30.3 Å². The maximum absolute atomic E-state index is 14.0. The number of likely N-dealkylation sites (tertiary alicyclic amines) is 1. The van der Waals surface area contributed by atoms with Gasteiger partial charge >= 0.3 is 0 Å². The molecular weight excluding hydrogens is 427 g/mol. The van der Waals surface area contributed by atoms with E-state index in [1.54, 1.807) is 0 Å². The van der Waals surface area contributed by atoms with Crippen LogP contribution in [-0.2, 0) is 14.3 Å². The fraction of sp³-hybridized carbons (Fsp3) is 0.360. The fourth-order valence-corrected chi connectivity index (χ4v) is 4.39. The van der Waals surface area contributed by atoms with Crippen molar-refractivity contribution in [2.24, 2.45) is 0 Å². The Bertz CT molecular complexity index is 1050. The van der Waals surface area contributed by atoms with E-state index in [9.17, 15) is 19.1 Å². The molecule has 1 amide bonds. The van der Waals surface area contributed by atoms with Crippen molar-refractivity contribution in [3.05, 3.63) is 71.0 Å². The Hall–Kier alpha value is -3.23. The highest BCUT2D eigenvalue weighted by atomic mass is 19.1. The van der Waals surface area contributed by atoms with Crippen molar-refractivity contribution in [1.29, 1.82) is 0 Å². The number of halogens is 1. The van der Waals surface area contributed by atoms with Gasteiger partial charge in [0.15, 0.2) is 0 Å². The first-order valence-electron chi connectivity index (χ1n) is 11.0. The van der Waals surface area contributed by atoms with Crippen molar-refractivity contribution >= 4 is 17.4 Å². The van der Waals surface area contributed by atoms with Gasteiger partial charge in [-0.05, 0) is 30.2 Å². The van der Waals surface area contributed by atoms with Crippen LogP contribution in [0.5, 0.6) is 5.75 Å².